The molecule has 28 heteroatoms. The van der Waals surface area contributed by atoms with Gasteiger partial charge in [-0.15, -0.1) is 0 Å². The van der Waals surface area contributed by atoms with Gasteiger partial charge in [0.05, 0.1) is 54.0 Å². The first-order valence-corrected chi connectivity index (χ1v) is 31.2. The minimum Gasteiger partial charge on any atom is -0.457 e. The summed E-state index contributed by atoms with van der Waals surface area (Å²) in [4.78, 5) is 117. The number of hydrogen-bond donors (Lipinski definition) is 6. The molecule has 5 heterocycles. The summed E-state index contributed by atoms with van der Waals surface area (Å²) in [5.74, 6) is 3.10. The SMILES string of the molecule is CC[C@@]1(OC(=O)OCc2ccc(NC(=O)[C@H](CCCNC(N)=O)NC(=O)COCC(=O)NCCOCCNC(=O)CCCC#Cc3cnc(SC)nc3)cc2)C(=O)OCc2c1cc1n(c2=O)Cc2c-1nc1ccccc1c2CCN(C(C)C)S(C)(=O)=O. The van der Waals surface area contributed by atoms with Crippen molar-refractivity contribution >= 4 is 80.2 Å². The molecular weight excluding hydrogens is 1170 g/mol. The molecule has 0 aliphatic carbocycles. The van der Waals surface area contributed by atoms with Crippen LogP contribution in [0.3, 0.4) is 0 Å². The fraction of sp³-hybridized carbons (Fsp3) is 0.441. The van der Waals surface area contributed by atoms with Gasteiger partial charge in [0.15, 0.2) is 5.16 Å². The molecule has 26 nitrogen and oxygen atoms in total. The molecular formula is C59H71N11O15S2. The lowest BCUT2D eigenvalue weighted by Crippen LogP contribution is -2.47. The summed E-state index contributed by atoms with van der Waals surface area (Å²) >= 11 is 1.44. The summed E-state index contributed by atoms with van der Waals surface area (Å²) in [6, 6.07) is 13.0. The zero-order chi connectivity index (χ0) is 62.7. The quantitative estimate of drug-likeness (QED) is 0.0123. The molecule has 5 aromatic rings. The second-order valence-electron chi connectivity index (χ2n) is 20.5. The van der Waals surface area contributed by atoms with Crippen molar-refractivity contribution in [3.05, 3.63) is 111 Å². The highest BCUT2D eigenvalue weighted by molar-refractivity contribution is 7.98. The van der Waals surface area contributed by atoms with Gasteiger partial charge in [0.1, 0.15) is 32.5 Å². The van der Waals surface area contributed by atoms with E-state index in [0.29, 0.717) is 64.6 Å². The summed E-state index contributed by atoms with van der Waals surface area (Å²) in [6.07, 6.45) is 7.06. The van der Waals surface area contributed by atoms with Crippen LogP contribution in [0.4, 0.5) is 15.3 Å². The second-order valence-corrected chi connectivity index (χ2v) is 23.2. The van der Waals surface area contributed by atoms with Crippen LogP contribution in [0, 0.1) is 11.8 Å². The Hall–Kier alpha value is -8.49. The third-order valence-corrected chi connectivity index (χ3v) is 16.1. The van der Waals surface area contributed by atoms with Crippen molar-refractivity contribution < 1.29 is 65.7 Å². The summed E-state index contributed by atoms with van der Waals surface area (Å²) in [7, 11) is -3.54. The van der Waals surface area contributed by atoms with E-state index in [9.17, 15) is 46.8 Å². The van der Waals surface area contributed by atoms with Gasteiger partial charge in [-0.3, -0.25) is 24.0 Å². The number of nitrogens with zero attached hydrogens (tertiary/aromatic N) is 5. The lowest BCUT2D eigenvalue weighted by Gasteiger charge is -2.35. The van der Waals surface area contributed by atoms with Gasteiger partial charge in [0.25, 0.3) is 5.56 Å². The summed E-state index contributed by atoms with van der Waals surface area (Å²) in [6.45, 7) is 4.66. The molecule has 6 amide bonds. The van der Waals surface area contributed by atoms with Crippen molar-refractivity contribution in [2.75, 3.05) is 70.4 Å². The van der Waals surface area contributed by atoms with Gasteiger partial charge in [-0.2, -0.15) is 4.31 Å². The lowest BCUT2D eigenvalue weighted by atomic mass is 9.85. The zero-order valence-electron chi connectivity index (χ0n) is 49.0. The maximum absolute atomic E-state index is 14.4. The van der Waals surface area contributed by atoms with E-state index in [-0.39, 0.29) is 101 Å². The molecule has 0 fully saturated rings. The van der Waals surface area contributed by atoms with Gasteiger partial charge in [-0.1, -0.05) is 60.9 Å². The van der Waals surface area contributed by atoms with Gasteiger partial charge in [-0.05, 0) is 87.6 Å². The monoisotopic (exact) mass is 1240 g/mol. The van der Waals surface area contributed by atoms with Crippen molar-refractivity contribution in [1.82, 2.24) is 45.1 Å². The predicted octanol–water partition coefficient (Wildman–Crippen LogP) is 3.52. The molecule has 2 atom stereocenters. The van der Waals surface area contributed by atoms with E-state index >= 15 is 0 Å². The topological polar surface area (TPSA) is 350 Å². The molecule has 0 saturated carbocycles. The third kappa shape index (κ3) is 18.0. The molecule has 0 bridgehead atoms. The number of fused-ring (bicyclic) bond motifs is 5. The van der Waals surface area contributed by atoms with Crippen molar-refractivity contribution in [2.45, 2.75) is 108 Å². The van der Waals surface area contributed by atoms with Crippen LogP contribution in [-0.4, -0.2) is 151 Å². The number of amides is 6. The normalized spacial score (nSPS) is 14.4. The average Bonchev–Trinajstić information content (AvgIpc) is 1.77. The van der Waals surface area contributed by atoms with E-state index in [1.54, 1.807) is 51.4 Å². The number of benzene rings is 2. The number of nitrogens with two attached hydrogens (primary N) is 1. The molecule has 0 spiro atoms. The van der Waals surface area contributed by atoms with Crippen LogP contribution in [0.2, 0.25) is 0 Å². The number of cyclic esters (lactones) is 1. The molecule has 87 heavy (non-hydrogen) atoms. The average molecular weight is 1240 g/mol. The van der Waals surface area contributed by atoms with Crippen molar-refractivity contribution in [3.63, 3.8) is 0 Å². The lowest BCUT2D eigenvalue weighted by molar-refractivity contribution is -0.175. The van der Waals surface area contributed by atoms with Crippen LogP contribution in [-0.2, 0) is 89.5 Å². The van der Waals surface area contributed by atoms with E-state index in [0.717, 1.165) is 16.5 Å². The highest BCUT2D eigenvalue weighted by Crippen LogP contribution is 2.42. The number of ether oxygens (including phenoxy) is 5. The number of sulfonamides is 1. The van der Waals surface area contributed by atoms with E-state index in [1.165, 1.54) is 39.0 Å². The van der Waals surface area contributed by atoms with Crippen molar-refractivity contribution in [3.8, 4) is 23.2 Å². The van der Waals surface area contributed by atoms with E-state index in [4.69, 9.17) is 34.4 Å². The number of thioether (sulfide) groups is 1. The van der Waals surface area contributed by atoms with Gasteiger partial charge in [-0.25, -0.2) is 37.8 Å². The maximum Gasteiger partial charge on any atom is 0.510 e. The number of nitrogens with one attached hydrogen (secondary N) is 5. The molecule has 2 aromatic carbocycles. The first kappa shape index (κ1) is 66.0. The third-order valence-electron chi connectivity index (χ3n) is 14.1. The minimum absolute atomic E-state index is 0.0693. The standard InChI is InChI=1S/C59H71N11O15S2/c1-6-59(45-29-48-52-43(32-69(48)54(75)44(45)34-83-55(59)76)41(42-14-10-11-15-46(42)68-52)22-26-70(37(2)3)87(5,79)80)85-58(78)84-33-38-18-20-40(21-19-38)66-53(74)47(16-12-23-63-56(60)77)67-51(73)36-82-35-50(72)62-25-28-81-27-24-61-49(71)17-9-7-8-13-39-30-64-57(86-4)65-31-39/h10-11,14-15,18-21,29-31,37,47H,6-7,9,12,16-17,22-28,32-36H2,1-5H3,(H,61,71)(H,62,72)(H,66,74)(H,67,73)(H3,60,63,77)/t47-,59-/m0/s1. The Kier molecular flexibility index (Phi) is 23.7. The number of hydrogen-bond acceptors (Lipinski definition) is 19. The number of carbonyl (C=O) groups excluding carboxylic acids is 7. The molecule has 3 aromatic heterocycles. The molecule has 7 N–H and O–H groups in total. The van der Waals surface area contributed by atoms with Gasteiger partial charge in [0, 0.05) is 79.7 Å². The number of carbonyl (C=O) groups is 7. The number of urea groups is 1. The highest BCUT2D eigenvalue weighted by atomic mass is 32.2. The minimum atomic E-state index is -3.54. The molecule has 0 unspecified atom stereocenters. The predicted molar refractivity (Wildman–Crippen MR) is 320 cm³/mol. The Balaban J connectivity index is 0.871. The zero-order valence-corrected chi connectivity index (χ0v) is 50.6. The van der Waals surface area contributed by atoms with Crippen LogP contribution in [0.15, 0.2) is 76.9 Å². The second kappa shape index (κ2) is 31.2. The van der Waals surface area contributed by atoms with Crippen LogP contribution in [0.5, 0.6) is 0 Å². The Morgan fingerprint density at radius 1 is 0.908 bits per heavy atom. The maximum atomic E-state index is 14.4. The smallest absolute Gasteiger partial charge is 0.457 e. The molecule has 0 radical (unpaired) electrons. The van der Waals surface area contributed by atoms with E-state index in [2.05, 4.69) is 48.4 Å². The Morgan fingerprint density at radius 3 is 2.31 bits per heavy atom. The van der Waals surface area contributed by atoms with Crippen LogP contribution in [0.25, 0.3) is 22.3 Å². The largest absolute Gasteiger partial charge is 0.510 e. The van der Waals surface area contributed by atoms with Crippen molar-refractivity contribution in [2.24, 2.45) is 5.73 Å². The Labute approximate surface area is 507 Å². The van der Waals surface area contributed by atoms with Gasteiger partial charge in [0.2, 0.25) is 39.3 Å². The van der Waals surface area contributed by atoms with Crippen molar-refractivity contribution in [1.29, 1.82) is 0 Å². The number of para-hydroxylation sites is 1. The molecule has 7 rings (SSSR count). The summed E-state index contributed by atoms with van der Waals surface area (Å²) < 4.78 is 56.0. The Bertz CT molecular complexity index is 3570. The van der Waals surface area contributed by atoms with Crippen LogP contribution >= 0.6 is 11.8 Å². The van der Waals surface area contributed by atoms with Gasteiger partial charge < -0.3 is 60.6 Å². The molecule has 0 saturated heterocycles. The summed E-state index contributed by atoms with van der Waals surface area (Å²) in [5.41, 5.74) is 7.35. The number of esters is 1. The Morgan fingerprint density at radius 2 is 1.62 bits per heavy atom. The first-order chi connectivity index (χ1) is 41.7. The van der Waals surface area contributed by atoms with Crippen LogP contribution in [0.1, 0.15) is 92.7 Å². The molecule has 2 aliphatic heterocycles. The molecule has 464 valence electrons. The number of rotatable bonds is 30. The molecule has 2 aliphatic rings. The van der Waals surface area contributed by atoms with E-state index < -0.39 is 76.3 Å². The fourth-order valence-corrected chi connectivity index (χ4v) is 11.3. The van der Waals surface area contributed by atoms with Gasteiger partial charge >= 0.3 is 18.2 Å². The first-order valence-electron chi connectivity index (χ1n) is 28.1. The highest BCUT2D eigenvalue weighted by Gasteiger charge is 2.51. The number of aromatic nitrogens is 4. The number of unbranched alkanes of at least 4 members (excludes halogenated alkanes) is 1. The van der Waals surface area contributed by atoms with Crippen LogP contribution < -0.4 is 37.9 Å². The number of primary amides is 1. The number of pyridine rings is 2. The fourth-order valence-electron chi connectivity index (χ4n) is 9.83. The summed E-state index contributed by atoms with van der Waals surface area (Å²) in [5, 5.41) is 14.6. The number of anilines is 1. The van der Waals surface area contributed by atoms with E-state index in [1.807, 2.05) is 30.5 Å².